The van der Waals surface area contributed by atoms with Gasteiger partial charge in [0.05, 0.1) is 18.5 Å². The van der Waals surface area contributed by atoms with Gasteiger partial charge in [-0.15, -0.1) is 0 Å². The van der Waals surface area contributed by atoms with Crippen LogP contribution in [-0.4, -0.2) is 54.6 Å². The van der Waals surface area contributed by atoms with E-state index in [9.17, 15) is 14.4 Å². The molecule has 9 heteroatoms. The maximum atomic E-state index is 13.0. The van der Waals surface area contributed by atoms with E-state index < -0.39 is 11.6 Å². The zero-order valence-electron chi connectivity index (χ0n) is 21.0. The number of anilines is 1. The van der Waals surface area contributed by atoms with Crippen LogP contribution in [0, 0.1) is 0 Å². The Morgan fingerprint density at radius 1 is 0.895 bits per heavy atom. The zero-order valence-corrected chi connectivity index (χ0v) is 21.7. The summed E-state index contributed by atoms with van der Waals surface area (Å²) < 4.78 is 5.58. The molecule has 0 unspecified atom stereocenters. The first-order valence-electron chi connectivity index (χ1n) is 12.5. The lowest BCUT2D eigenvalue weighted by atomic mass is 9.87. The van der Waals surface area contributed by atoms with E-state index in [1.807, 2.05) is 60.7 Å². The number of hydrogen-bond donors (Lipinski definition) is 3. The molecule has 1 aliphatic rings. The zero-order chi connectivity index (χ0) is 27.0. The summed E-state index contributed by atoms with van der Waals surface area (Å²) in [5.41, 5.74) is 8.10. The van der Waals surface area contributed by atoms with Crippen molar-refractivity contribution in [1.29, 1.82) is 0 Å². The molecule has 8 nitrogen and oxygen atoms in total. The third kappa shape index (κ3) is 7.12. The highest BCUT2D eigenvalue weighted by Crippen LogP contribution is 2.25. The van der Waals surface area contributed by atoms with Gasteiger partial charge < -0.3 is 20.7 Å². The molecule has 0 aliphatic carbocycles. The van der Waals surface area contributed by atoms with Gasteiger partial charge in [0.15, 0.2) is 0 Å². The summed E-state index contributed by atoms with van der Waals surface area (Å²) in [5, 5.41) is 6.31. The van der Waals surface area contributed by atoms with Crippen LogP contribution in [0.3, 0.4) is 0 Å². The van der Waals surface area contributed by atoms with Gasteiger partial charge in [0.1, 0.15) is 6.61 Å². The third-order valence-corrected chi connectivity index (χ3v) is 7.05. The van der Waals surface area contributed by atoms with Crippen molar-refractivity contribution in [2.45, 2.75) is 24.8 Å². The molecule has 0 aromatic heterocycles. The fourth-order valence-electron chi connectivity index (χ4n) is 4.51. The maximum absolute atomic E-state index is 13.0. The summed E-state index contributed by atoms with van der Waals surface area (Å²) in [6, 6.07) is 24.5. The van der Waals surface area contributed by atoms with Gasteiger partial charge in [-0.2, -0.15) is 0 Å². The number of halogens is 1. The summed E-state index contributed by atoms with van der Waals surface area (Å²) in [6.07, 6.45) is 0.308. The molecule has 0 saturated carbocycles. The molecule has 0 spiro atoms. The molecule has 1 fully saturated rings. The van der Waals surface area contributed by atoms with Crippen LogP contribution in [0.25, 0.3) is 11.1 Å². The maximum Gasteiger partial charge on any atom is 0.411 e. The molecule has 1 aliphatic heterocycles. The number of carbonyl (C=O) groups excluding carboxylic acids is 3. The molecule has 0 radical (unpaired) electrons. The number of nitrogens with zero attached hydrogens (tertiary/aromatic N) is 1. The van der Waals surface area contributed by atoms with Crippen molar-refractivity contribution in [3.8, 4) is 11.1 Å². The Labute approximate surface area is 227 Å². The van der Waals surface area contributed by atoms with Crippen molar-refractivity contribution >= 4 is 35.2 Å². The van der Waals surface area contributed by atoms with Gasteiger partial charge >= 0.3 is 6.09 Å². The molecule has 38 heavy (non-hydrogen) atoms. The second-order valence-corrected chi connectivity index (χ2v) is 9.73. The number of carbonyl (C=O) groups is 3. The van der Waals surface area contributed by atoms with Crippen LogP contribution in [0.15, 0.2) is 78.9 Å². The van der Waals surface area contributed by atoms with E-state index in [0.29, 0.717) is 42.2 Å². The molecule has 198 valence electrons. The summed E-state index contributed by atoms with van der Waals surface area (Å²) in [5.74, 6) is -0.393. The lowest BCUT2D eigenvalue weighted by Crippen LogP contribution is -2.59. The number of nitrogens with one attached hydrogen (secondary N) is 2. The standard InChI is InChI=1S/C29H31ClN4O4/c30-25-9-5-4-8-23(25)18-26(35)33-29(14-16-34(17-15-29)27(36)19-31)20-38-28(37)32-24-12-10-22(11-13-24)21-6-2-1-3-7-21/h1-13H,14-20,31H2,(H,32,37)(H,33,35). The number of nitrogens with two attached hydrogens (primary N) is 1. The largest absolute Gasteiger partial charge is 0.447 e. The molecular formula is C29H31ClN4O4. The van der Waals surface area contributed by atoms with E-state index in [1.165, 1.54) is 0 Å². The summed E-state index contributed by atoms with van der Waals surface area (Å²) in [4.78, 5) is 39.3. The van der Waals surface area contributed by atoms with Crippen LogP contribution in [0.4, 0.5) is 10.5 Å². The first kappa shape index (κ1) is 27.2. The van der Waals surface area contributed by atoms with Gasteiger partial charge in [0.25, 0.3) is 0 Å². The lowest BCUT2D eigenvalue weighted by molar-refractivity contribution is -0.132. The van der Waals surface area contributed by atoms with Crippen molar-refractivity contribution in [2.75, 3.05) is 31.6 Å². The molecule has 0 bridgehead atoms. The number of amides is 3. The van der Waals surface area contributed by atoms with Crippen LogP contribution < -0.4 is 16.4 Å². The minimum Gasteiger partial charge on any atom is -0.447 e. The molecule has 3 aromatic carbocycles. The van der Waals surface area contributed by atoms with Crippen LogP contribution in [0.1, 0.15) is 18.4 Å². The van der Waals surface area contributed by atoms with Gasteiger partial charge in [-0.25, -0.2) is 4.79 Å². The fourth-order valence-corrected chi connectivity index (χ4v) is 4.71. The lowest BCUT2D eigenvalue weighted by Gasteiger charge is -2.41. The molecule has 4 N–H and O–H groups in total. The Bertz CT molecular complexity index is 1260. The van der Waals surface area contributed by atoms with Crippen molar-refractivity contribution in [2.24, 2.45) is 5.73 Å². The predicted molar refractivity (Wildman–Crippen MR) is 148 cm³/mol. The highest BCUT2D eigenvalue weighted by Gasteiger charge is 2.38. The van der Waals surface area contributed by atoms with E-state index in [4.69, 9.17) is 22.1 Å². The first-order chi connectivity index (χ1) is 18.4. The number of hydrogen-bond acceptors (Lipinski definition) is 5. The Kier molecular flexibility index (Phi) is 8.99. The summed E-state index contributed by atoms with van der Waals surface area (Å²) in [7, 11) is 0. The van der Waals surface area contributed by atoms with Gasteiger partial charge in [-0.05, 0) is 47.7 Å². The normalized spacial score (nSPS) is 14.4. The van der Waals surface area contributed by atoms with Crippen LogP contribution in [-0.2, 0) is 20.7 Å². The topological polar surface area (TPSA) is 114 Å². The third-order valence-electron chi connectivity index (χ3n) is 6.68. The Hall–Kier alpha value is -3.88. The minimum absolute atomic E-state index is 0.0418. The Morgan fingerprint density at radius 2 is 1.53 bits per heavy atom. The van der Waals surface area contributed by atoms with E-state index in [1.54, 1.807) is 23.1 Å². The fraction of sp³-hybridized carbons (Fsp3) is 0.276. The second kappa shape index (κ2) is 12.6. The van der Waals surface area contributed by atoms with Crippen molar-refractivity contribution in [3.63, 3.8) is 0 Å². The number of piperidine rings is 1. The van der Waals surface area contributed by atoms with Gasteiger partial charge in [-0.3, -0.25) is 14.9 Å². The van der Waals surface area contributed by atoms with Crippen LogP contribution >= 0.6 is 11.6 Å². The van der Waals surface area contributed by atoms with Gasteiger partial charge in [0, 0.05) is 23.8 Å². The molecule has 3 aromatic rings. The van der Waals surface area contributed by atoms with E-state index >= 15 is 0 Å². The average molecular weight is 535 g/mol. The first-order valence-corrected chi connectivity index (χ1v) is 12.9. The molecule has 1 heterocycles. The minimum atomic E-state index is -0.821. The number of benzene rings is 3. The smallest absolute Gasteiger partial charge is 0.411 e. The summed E-state index contributed by atoms with van der Waals surface area (Å²) >= 11 is 6.23. The summed E-state index contributed by atoms with van der Waals surface area (Å²) in [6.45, 7) is 0.677. The van der Waals surface area contributed by atoms with Gasteiger partial charge in [-0.1, -0.05) is 72.3 Å². The predicted octanol–water partition coefficient (Wildman–Crippen LogP) is 4.23. The molecule has 3 amide bonds. The van der Waals surface area contributed by atoms with E-state index in [-0.39, 0.29) is 31.4 Å². The molecule has 0 atom stereocenters. The van der Waals surface area contributed by atoms with Gasteiger partial charge in [0.2, 0.25) is 11.8 Å². The SMILES string of the molecule is NCC(=O)N1CCC(COC(=O)Nc2ccc(-c3ccccc3)cc2)(NC(=O)Cc2ccccc2Cl)CC1. The highest BCUT2D eigenvalue weighted by atomic mass is 35.5. The second-order valence-electron chi connectivity index (χ2n) is 9.33. The Morgan fingerprint density at radius 3 is 2.18 bits per heavy atom. The highest BCUT2D eigenvalue weighted by molar-refractivity contribution is 6.31. The monoisotopic (exact) mass is 534 g/mol. The molecule has 1 saturated heterocycles. The van der Waals surface area contributed by atoms with Crippen molar-refractivity contribution in [3.05, 3.63) is 89.4 Å². The van der Waals surface area contributed by atoms with Crippen molar-refractivity contribution < 1.29 is 19.1 Å². The van der Waals surface area contributed by atoms with Crippen LogP contribution in [0.5, 0.6) is 0 Å². The van der Waals surface area contributed by atoms with Crippen molar-refractivity contribution in [1.82, 2.24) is 10.2 Å². The number of ether oxygens (including phenoxy) is 1. The molecular weight excluding hydrogens is 504 g/mol. The van der Waals surface area contributed by atoms with E-state index in [2.05, 4.69) is 10.6 Å². The average Bonchev–Trinajstić information content (AvgIpc) is 2.94. The number of rotatable bonds is 8. The quantitative estimate of drug-likeness (QED) is 0.400. The molecule has 4 rings (SSSR count). The number of likely N-dealkylation sites (tertiary alicyclic amines) is 1. The van der Waals surface area contributed by atoms with E-state index in [0.717, 1.165) is 11.1 Å². The van der Waals surface area contributed by atoms with Crippen LogP contribution in [0.2, 0.25) is 5.02 Å². The Balaban J connectivity index is 1.38.